The highest BCUT2D eigenvalue weighted by Crippen LogP contribution is 2.24. The fourth-order valence-corrected chi connectivity index (χ4v) is 2.87. The number of hydrogen-bond donors (Lipinski definition) is 1. The van der Waals surface area contributed by atoms with Crippen molar-refractivity contribution in [3.63, 3.8) is 0 Å². The number of rotatable bonds is 5. The third-order valence-corrected chi connectivity index (χ3v) is 4.00. The Morgan fingerprint density at radius 3 is 2.59 bits per heavy atom. The summed E-state index contributed by atoms with van der Waals surface area (Å²) in [6, 6.07) is 1.83. The van der Waals surface area contributed by atoms with Crippen molar-refractivity contribution in [2.45, 2.75) is 58.9 Å². The Hall–Kier alpha value is -1.85. The Morgan fingerprint density at radius 1 is 1.36 bits per heavy atom. The Labute approximate surface area is 131 Å². The predicted octanol–water partition coefficient (Wildman–Crippen LogP) is 2.74. The number of carbonyl (C=O) groups is 2. The minimum atomic E-state index is -0.229. The van der Waals surface area contributed by atoms with Crippen molar-refractivity contribution >= 4 is 17.6 Å². The lowest BCUT2D eigenvalue weighted by atomic mass is 9.93. The van der Waals surface area contributed by atoms with Gasteiger partial charge in [0.05, 0.1) is 0 Å². The molecule has 1 heterocycles. The lowest BCUT2D eigenvalue weighted by molar-refractivity contribution is -0.140. The molecule has 0 aromatic carbocycles. The van der Waals surface area contributed by atoms with Crippen LogP contribution in [0.15, 0.2) is 10.6 Å². The molecule has 1 fully saturated rings. The van der Waals surface area contributed by atoms with Gasteiger partial charge < -0.3 is 14.7 Å². The second-order valence-electron chi connectivity index (χ2n) is 6.28. The van der Waals surface area contributed by atoms with Gasteiger partial charge >= 0.3 is 0 Å². The first-order chi connectivity index (χ1) is 10.5. The molecule has 1 aromatic rings. The average Bonchev–Trinajstić information content (AvgIpc) is 2.90. The summed E-state index contributed by atoms with van der Waals surface area (Å²) in [5.41, 5.74) is 0. The van der Waals surface area contributed by atoms with Gasteiger partial charge in [0.1, 0.15) is 12.3 Å². The highest BCUT2D eigenvalue weighted by Gasteiger charge is 2.28. The normalized spacial score (nSPS) is 15.8. The lowest BCUT2D eigenvalue weighted by Crippen LogP contribution is -2.47. The smallest absolute Gasteiger partial charge is 0.245 e. The zero-order valence-corrected chi connectivity index (χ0v) is 13.6. The Bertz CT molecular complexity index is 518. The van der Waals surface area contributed by atoms with E-state index in [2.05, 4.69) is 10.5 Å². The number of nitrogens with one attached hydrogen (secondary N) is 1. The first-order valence-corrected chi connectivity index (χ1v) is 8.01. The van der Waals surface area contributed by atoms with Gasteiger partial charge in [0.15, 0.2) is 5.82 Å². The Kier molecular flexibility index (Phi) is 5.57. The molecule has 0 atom stereocenters. The van der Waals surface area contributed by atoms with Crippen molar-refractivity contribution in [2.75, 3.05) is 11.9 Å². The minimum Gasteiger partial charge on any atom is -0.360 e. The van der Waals surface area contributed by atoms with Crippen molar-refractivity contribution in [1.82, 2.24) is 10.1 Å². The molecule has 0 bridgehead atoms. The van der Waals surface area contributed by atoms with Crippen LogP contribution in [0.25, 0.3) is 0 Å². The maximum absolute atomic E-state index is 12.4. The Balaban J connectivity index is 2.01. The molecule has 1 N–H and O–H groups in total. The first kappa shape index (κ1) is 16.5. The molecule has 0 spiro atoms. The average molecular weight is 307 g/mol. The van der Waals surface area contributed by atoms with Crippen LogP contribution in [0, 0.1) is 12.8 Å². The van der Waals surface area contributed by atoms with Crippen LogP contribution in [-0.4, -0.2) is 34.5 Å². The lowest BCUT2D eigenvalue weighted by Gasteiger charge is -2.35. The summed E-state index contributed by atoms with van der Waals surface area (Å²) in [7, 11) is 0. The number of carbonyl (C=O) groups excluding carboxylic acids is 2. The van der Waals surface area contributed by atoms with Gasteiger partial charge in [-0.2, -0.15) is 0 Å². The summed E-state index contributed by atoms with van der Waals surface area (Å²) in [5.74, 6) is 0.732. The standard InChI is InChI=1S/C16H25N3O3/c1-11(2)16(21)19(13-7-5-4-6-8-13)10-15(20)17-14-9-12(3)22-18-14/h9,11,13H,4-8,10H2,1-3H3,(H,17,18,20). The topological polar surface area (TPSA) is 75.4 Å². The molecule has 0 saturated heterocycles. The molecular weight excluding hydrogens is 282 g/mol. The molecule has 1 aliphatic carbocycles. The van der Waals surface area contributed by atoms with E-state index in [-0.39, 0.29) is 30.3 Å². The third kappa shape index (κ3) is 4.32. The quantitative estimate of drug-likeness (QED) is 0.907. The molecule has 6 nitrogen and oxygen atoms in total. The zero-order chi connectivity index (χ0) is 16.1. The van der Waals surface area contributed by atoms with Gasteiger partial charge in [-0.3, -0.25) is 9.59 Å². The molecule has 22 heavy (non-hydrogen) atoms. The van der Waals surface area contributed by atoms with E-state index in [1.807, 2.05) is 13.8 Å². The number of aromatic nitrogens is 1. The summed E-state index contributed by atoms with van der Waals surface area (Å²) in [6.45, 7) is 5.58. The monoisotopic (exact) mass is 307 g/mol. The van der Waals surface area contributed by atoms with Gasteiger partial charge in [-0.15, -0.1) is 0 Å². The van der Waals surface area contributed by atoms with Crippen LogP contribution in [0.3, 0.4) is 0 Å². The zero-order valence-electron chi connectivity index (χ0n) is 13.6. The highest BCUT2D eigenvalue weighted by atomic mass is 16.5. The summed E-state index contributed by atoms with van der Waals surface area (Å²) in [4.78, 5) is 26.4. The van der Waals surface area contributed by atoms with Crippen molar-refractivity contribution in [1.29, 1.82) is 0 Å². The van der Waals surface area contributed by atoms with Crippen molar-refractivity contribution < 1.29 is 14.1 Å². The molecule has 2 amide bonds. The van der Waals surface area contributed by atoms with E-state index in [1.165, 1.54) is 6.42 Å². The largest absolute Gasteiger partial charge is 0.360 e. The summed E-state index contributed by atoms with van der Waals surface area (Å²) >= 11 is 0. The van der Waals surface area contributed by atoms with Gasteiger partial charge in [-0.25, -0.2) is 0 Å². The molecule has 6 heteroatoms. The van der Waals surface area contributed by atoms with E-state index in [0.717, 1.165) is 25.7 Å². The molecule has 0 aliphatic heterocycles. The van der Waals surface area contributed by atoms with E-state index in [1.54, 1.807) is 17.9 Å². The molecule has 122 valence electrons. The van der Waals surface area contributed by atoms with Gasteiger partial charge in [0, 0.05) is 18.0 Å². The Morgan fingerprint density at radius 2 is 2.05 bits per heavy atom. The maximum atomic E-state index is 12.4. The van der Waals surface area contributed by atoms with Crippen LogP contribution < -0.4 is 5.32 Å². The minimum absolute atomic E-state index is 0.0402. The molecule has 1 aromatic heterocycles. The van der Waals surface area contributed by atoms with E-state index < -0.39 is 0 Å². The highest BCUT2D eigenvalue weighted by molar-refractivity contribution is 5.94. The number of nitrogens with zero attached hydrogens (tertiary/aromatic N) is 2. The molecule has 2 rings (SSSR count). The van der Waals surface area contributed by atoms with Crippen LogP contribution in [-0.2, 0) is 9.59 Å². The fraction of sp³-hybridized carbons (Fsp3) is 0.688. The maximum Gasteiger partial charge on any atom is 0.245 e. The van der Waals surface area contributed by atoms with Crippen molar-refractivity contribution in [3.8, 4) is 0 Å². The summed E-state index contributed by atoms with van der Waals surface area (Å²) in [6.07, 6.45) is 5.42. The number of aryl methyl sites for hydroxylation is 1. The van der Waals surface area contributed by atoms with Crippen LogP contribution in [0.4, 0.5) is 5.82 Å². The molecular formula is C16H25N3O3. The predicted molar refractivity (Wildman–Crippen MR) is 83.3 cm³/mol. The van der Waals surface area contributed by atoms with Gasteiger partial charge in [-0.1, -0.05) is 38.3 Å². The fourth-order valence-electron chi connectivity index (χ4n) is 2.87. The van der Waals surface area contributed by atoms with Crippen LogP contribution in [0.5, 0.6) is 0 Å². The molecule has 1 saturated carbocycles. The van der Waals surface area contributed by atoms with E-state index >= 15 is 0 Å². The van der Waals surface area contributed by atoms with E-state index in [4.69, 9.17) is 4.52 Å². The SMILES string of the molecule is Cc1cc(NC(=O)CN(C(=O)C(C)C)C2CCCCC2)no1. The number of anilines is 1. The summed E-state index contributed by atoms with van der Waals surface area (Å²) < 4.78 is 4.93. The third-order valence-electron chi connectivity index (χ3n) is 4.00. The first-order valence-electron chi connectivity index (χ1n) is 8.01. The summed E-state index contributed by atoms with van der Waals surface area (Å²) in [5, 5.41) is 6.43. The second-order valence-corrected chi connectivity index (χ2v) is 6.28. The van der Waals surface area contributed by atoms with E-state index in [9.17, 15) is 9.59 Å². The molecule has 1 aliphatic rings. The van der Waals surface area contributed by atoms with Gasteiger partial charge in [0.25, 0.3) is 0 Å². The van der Waals surface area contributed by atoms with Crippen LogP contribution in [0.2, 0.25) is 0 Å². The number of amides is 2. The second kappa shape index (κ2) is 7.42. The molecule has 0 radical (unpaired) electrons. The van der Waals surface area contributed by atoms with Crippen LogP contribution >= 0.6 is 0 Å². The van der Waals surface area contributed by atoms with Gasteiger partial charge in [0.2, 0.25) is 11.8 Å². The van der Waals surface area contributed by atoms with Crippen LogP contribution in [0.1, 0.15) is 51.7 Å². The van der Waals surface area contributed by atoms with Crippen molar-refractivity contribution in [3.05, 3.63) is 11.8 Å². The number of hydrogen-bond acceptors (Lipinski definition) is 4. The molecule has 0 unspecified atom stereocenters. The van der Waals surface area contributed by atoms with E-state index in [0.29, 0.717) is 11.6 Å². The van der Waals surface area contributed by atoms with Gasteiger partial charge in [-0.05, 0) is 19.8 Å². The van der Waals surface area contributed by atoms with Crippen molar-refractivity contribution in [2.24, 2.45) is 5.92 Å².